The van der Waals surface area contributed by atoms with Crippen molar-refractivity contribution in [2.24, 2.45) is 7.05 Å². The Morgan fingerprint density at radius 2 is 2.05 bits per heavy atom. The molecular formula is C16H27N5. The van der Waals surface area contributed by atoms with Crippen molar-refractivity contribution in [2.45, 2.75) is 53.1 Å². The molecule has 21 heavy (non-hydrogen) atoms. The Morgan fingerprint density at radius 3 is 2.62 bits per heavy atom. The average Bonchev–Trinajstić information content (AvgIpc) is 3.02. The summed E-state index contributed by atoms with van der Waals surface area (Å²) in [6.45, 7) is 10.4. The number of nitrogens with one attached hydrogen (secondary N) is 1. The summed E-state index contributed by atoms with van der Waals surface area (Å²) < 4.78 is 4.06. The monoisotopic (exact) mass is 289 g/mol. The predicted molar refractivity (Wildman–Crippen MR) is 85.3 cm³/mol. The lowest BCUT2D eigenvalue weighted by molar-refractivity contribution is 0.466. The molecule has 0 aliphatic carbocycles. The molecule has 0 saturated carbocycles. The van der Waals surface area contributed by atoms with Gasteiger partial charge in [0.1, 0.15) is 0 Å². The van der Waals surface area contributed by atoms with Gasteiger partial charge in [-0.25, -0.2) is 0 Å². The van der Waals surface area contributed by atoms with Gasteiger partial charge in [0.2, 0.25) is 0 Å². The van der Waals surface area contributed by atoms with Crippen molar-refractivity contribution in [3.63, 3.8) is 0 Å². The molecule has 0 amide bonds. The maximum Gasteiger partial charge on any atom is 0.0628 e. The quantitative estimate of drug-likeness (QED) is 0.852. The molecule has 0 aliphatic rings. The summed E-state index contributed by atoms with van der Waals surface area (Å²) in [6.07, 6.45) is 3.99. The van der Waals surface area contributed by atoms with Crippen molar-refractivity contribution < 1.29 is 0 Å². The lowest BCUT2D eigenvalue weighted by atomic mass is 10.0. The topological polar surface area (TPSA) is 47.7 Å². The number of aromatic nitrogens is 4. The van der Waals surface area contributed by atoms with E-state index in [1.807, 2.05) is 17.9 Å². The first kappa shape index (κ1) is 15.8. The van der Waals surface area contributed by atoms with Crippen LogP contribution in [-0.4, -0.2) is 26.1 Å². The summed E-state index contributed by atoms with van der Waals surface area (Å²) in [5.74, 6) is 0. The molecule has 0 aliphatic heterocycles. The Balaban J connectivity index is 2.14. The smallest absolute Gasteiger partial charge is 0.0628 e. The zero-order chi connectivity index (χ0) is 15.4. The standard InChI is InChI=1S/C16H27N5/c1-6-17-15(16-10-11-18-21(16)7-2)9-8-14-12(3)19-20(5)13(14)4/h10-11,15,17H,6-9H2,1-5H3. The molecule has 1 N–H and O–H groups in total. The summed E-state index contributed by atoms with van der Waals surface area (Å²) in [6, 6.07) is 2.47. The van der Waals surface area contributed by atoms with Crippen molar-refractivity contribution in [1.82, 2.24) is 24.9 Å². The van der Waals surface area contributed by atoms with Crippen molar-refractivity contribution in [3.8, 4) is 0 Å². The highest BCUT2D eigenvalue weighted by Crippen LogP contribution is 2.22. The third-order valence-corrected chi connectivity index (χ3v) is 4.20. The number of hydrogen-bond acceptors (Lipinski definition) is 3. The molecule has 1 atom stereocenters. The van der Waals surface area contributed by atoms with Gasteiger partial charge in [0.05, 0.1) is 11.4 Å². The van der Waals surface area contributed by atoms with Crippen LogP contribution in [0, 0.1) is 13.8 Å². The minimum atomic E-state index is 0.344. The van der Waals surface area contributed by atoms with E-state index in [-0.39, 0.29) is 0 Å². The minimum absolute atomic E-state index is 0.344. The maximum absolute atomic E-state index is 4.51. The Kier molecular flexibility index (Phi) is 5.17. The molecule has 5 nitrogen and oxygen atoms in total. The highest BCUT2D eigenvalue weighted by atomic mass is 15.3. The third-order valence-electron chi connectivity index (χ3n) is 4.20. The lowest BCUT2D eigenvalue weighted by Crippen LogP contribution is -2.24. The number of aryl methyl sites for hydroxylation is 3. The van der Waals surface area contributed by atoms with Crippen LogP contribution in [0.5, 0.6) is 0 Å². The number of nitrogens with zero attached hydrogens (tertiary/aromatic N) is 4. The van der Waals surface area contributed by atoms with Crippen LogP contribution >= 0.6 is 0 Å². The van der Waals surface area contributed by atoms with Gasteiger partial charge in [-0.1, -0.05) is 6.92 Å². The van der Waals surface area contributed by atoms with Crippen molar-refractivity contribution in [1.29, 1.82) is 0 Å². The molecule has 116 valence electrons. The van der Waals surface area contributed by atoms with E-state index in [0.717, 1.165) is 31.6 Å². The average molecular weight is 289 g/mol. The molecule has 2 rings (SSSR count). The summed E-state index contributed by atoms with van der Waals surface area (Å²) in [4.78, 5) is 0. The van der Waals surface area contributed by atoms with Gasteiger partial charge in [0.15, 0.2) is 0 Å². The van der Waals surface area contributed by atoms with Gasteiger partial charge in [-0.05, 0) is 51.8 Å². The van der Waals surface area contributed by atoms with Crippen molar-refractivity contribution in [3.05, 3.63) is 34.9 Å². The van der Waals surface area contributed by atoms with Crippen LogP contribution in [0.4, 0.5) is 0 Å². The van der Waals surface area contributed by atoms with E-state index in [0.29, 0.717) is 6.04 Å². The third kappa shape index (κ3) is 3.35. The zero-order valence-corrected chi connectivity index (χ0v) is 13.8. The fourth-order valence-electron chi connectivity index (χ4n) is 2.97. The second-order valence-electron chi connectivity index (χ2n) is 5.49. The minimum Gasteiger partial charge on any atom is -0.309 e. The summed E-state index contributed by atoms with van der Waals surface area (Å²) in [5.41, 5.74) is 5.07. The lowest BCUT2D eigenvalue weighted by Gasteiger charge is -2.19. The van der Waals surface area contributed by atoms with Crippen molar-refractivity contribution >= 4 is 0 Å². The van der Waals surface area contributed by atoms with E-state index < -0.39 is 0 Å². The largest absolute Gasteiger partial charge is 0.309 e. The normalized spacial score (nSPS) is 12.8. The van der Waals surface area contributed by atoms with E-state index in [1.165, 1.54) is 17.0 Å². The molecule has 0 saturated heterocycles. The Morgan fingerprint density at radius 1 is 1.29 bits per heavy atom. The van der Waals surface area contributed by atoms with Crippen LogP contribution in [0.2, 0.25) is 0 Å². The van der Waals surface area contributed by atoms with Gasteiger partial charge in [-0.3, -0.25) is 9.36 Å². The second-order valence-corrected chi connectivity index (χ2v) is 5.49. The molecule has 2 aromatic heterocycles. The fourth-order valence-corrected chi connectivity index (χ4v) is 2.97. The van der Waals surface area contributed by atoms with Crippen LogP contribution < -0.4 is 5.32 Å². The molecule has 0 aromatic carbocycles. The molecule has 0 fully saturated rings. The molecule has 0 bridgehead atoms. The van der Waals surface area contributed by atoms with E-state index in [2.05, 4.69) is 54.0 Å². The van der Waals surface area contributed by atoms with E-state index in [4.69, 9.17) is 0 Å². The van der Waals surface area contributed by atoms with Crippen molar-refractivity contribution in [2.75, 3.05) is 6.54 Å². The van der Waals surface area contributed by atoms with Crippen LogP contribution in [0.25, 0.3) is 0 Å². The predicted octanol–water partition coefficient (Wildman–Crippen LogP) is 2.54. The Hall–Kier alpha value is -1.62. The van der Waals surface area contributed by atoms with Gasteiger partial charge < -0.3 is 5.32 Å². The summed E-state index contributed by atoms with van der Waals surface area (Å²) in [5, 5.41) is 12.5. The van der Waals surface area contributed by atoms with Gasteiger partial charge >= 0.3 is 0 Å². The van der Waals surface area contributed by atoms with Crippen LogP contribution in [0.15, 0.2) is 12.3 Å². The fraction of sp³-hybridized carbons (Fsp3) is 0.625. The Labute approximate surface area is 127 Å². The van der Waals surface area contributed by atoms with E-state index in [1.54, 1.807) is 0 Å². The maximum atomic E-state index is 4.51. The second kappa shape index (κ2) is 6.89. The summed E-state index contributed by atoms with van der Waals surface area (Å²) >= 11 is 0. The van der Waals surface area contributed by atoms with Crippen LogP contribution in [0.3, 0.4) is 0 Å². The first-order valence-electron chi connectivity index (χ1n) is 7.82. The molecule has 2 aromatic rings. The SMILES string of the molecule is CCNC(CCc1c(C)nn(C)c1C)c1ccnn1CC. The van der Waals surface area contributed by atoms with Crippen LogP contribution in [0.1, 0.15) is 49.0 Å². The number of hydrogen-bond donors (Lipinski definition) is 1. The van der Waals surface area contributed by atoms with Gasteiger partial charge in [0.25, 0.3) is 0 Å². The van der Waals surface area contributed by atoms with Gasteiger partial charge in [0, 0.05) is 31.5 Å². The van der Waals surface area contributed by atoms with Crippen LogP contribution in [-0.2, 0) is 20.0 Å². The molecular weight excluding hydrogens is 262 g/mol. The first-order valence-corrected chi connectivity index (χ1v) is 7.82. The highest BCUT2D eigenvalue weighted by Gasteiger charge is 2.17. The van der Waals surface area contributed by atoms with E-state index >= 15 is 0 Å². The zero-order valence-electron chi connectivity index (χ0n) is 13.8. The Bertz CT molecular complexity index is 582. The highest BCUT2D eigenvalue weighted by molar-refractivity contribution is 5.25. The van der Waals surface area contributed by atoms with Gasteiger partial charge in [-0.2, -0.15) is 10.2 Å². The first-order chi connectivity index (χ1) is 10.1. The molecule has 5 heteroatoms. The molecule has 0 spiro atoms. The van der Waals surface area contributed by atoms with Gasteiger partial charge in [-0.15, -0.1) is 0 Å². The number of rotatable bonds is 7. The molecule has 0 radical (unpaired) electrons. The molecule has 1 unspecified atom stereocenters. The van der Waals surface area contributed by atoms with E-state index in [9.17, 15) is 0 Å². The summed E-state index contributed by atoms with van der Waals surface area (Å²) in [7, 11) is 2.01. The molecule has 2 heterocycles.